The summed E-state index contributed by atoms with van der Waals surface area (Å²) >= 11 is 0. The zero-order valence-electron chi connectivity index (χ0n) is 26.5. The quantitative estimate of drug-likeness (QED) is 0.194. The van der Waals surface area contributed by atoms with Gasteiger partial charge >= 0.3 is 0 Å². The van der Waals surface area contributed by atoms with Crippen molar-refractivity contribution in [1.29, 1.82) is 0 Å². The minimum Gasteiger partial charge on any atom is -0.304 e. The molecule has 1 aliphatic carbocycles. The second kappa shape index (κ2) is 10.4. The van der Waals surface area contributed by atoms with Crippen LogP contribution in [-0.4, -0.2) is 9.38 Å². The zero-order valence-corrected chi connectivity index (χ0v) is 26.5. The first-order valence-electron chi connectivity index (χ1n) is 16.6. The Hall–Kier alpha value is -6.25. The number of imidazole rings is 1. The average molecular weight is 611 g/mol. The van der Waals surface area contributed by atoms with Gasteiger partial charge in [0.25, 0.3) is 0 Å². The van der Waals surface area contributed by atoms with Crippen LogP contribution >= 0.6 is 0 Å². The third-order valence-electron chi connectivity index (χ3n) is 10.2. The first kappa shape index (κ1) is 26.9. The molecule has 0 unspecified atom stereocenters. The standard InChI is InChI=1S/C46H30N2/c1-29-46(47-40-21-10-11-28-48(29)40)33-24-22-30(23-25-33)34-26-27-39-43-35(34)19-12-20-38(43)44-41(31-13-4-2-5-14-31)36-17-8-9-18-37(36)42(45(39)44)32-15-6-3-7-16-32/h2-28H,1H3. The Morgan fingerprint density at radius 1 is 0.396 bits per heavy atom. The van der Waals surface area contributed by atoms with Gasteiger partial charge in [0.15, 0.2) is 0 Å². The maximum absolute atomic E-state index is 4.94. The van der Waals surface area contributed by atoms with Gasteiger partial charge in [0.05, 0.1) is 5.69 Å². The lowest BCUT2D eigenvalue weighted by Gasteiger charge is -2.20. The molecule has 9 aromatic rings. The molecule has 0 saturated heterocycles. The first-order chi connectivity index (χ1) is 23.8. The molecule has 2 heteroatoms. The van der Waals surface area contributed by atoms with Crippen LogP contribution in [-0.2, 0) is 0 Å². The number of nitrogens with zero attached hydrogens (tertiary/aromatic N) is 2. The molecule has 2 nitrogen and oxygen atoms in total. The van der Waals surface area contributed by atoms with E-state index < -0.39 is 0 Å². The summed E-state index contributed by atoms with van der Waals surface area (Å²) in [6, 6.07) is 57.4. The summed E-state index contributed by atoms with van der Waals surface area (Å²) in [4.78, 5) is 4.94. The van der Waals surface area contributed by atoms with E-state index in [-0.39, 0.29) is 0 Å². The van der Waals surface area contributed by atoms with Crippen LogP contribution in [0.2, 0.25) is 0 Å². The van der Waals surface area contributed by atoms with Crippen molar-refractivity contribution in [2.24, 2.45) is 0 Å². The van der Waals surface area contributed by atoms with Gasteiger partial charge in [-0.05, 0) is 96.2 Å². The molecule has 0 bridgehead atoms. The number of rotatable bonds is 4. The molecular weight excluding hydrogens is 581 g/mol. The normalized spacial score (nSPS) is 11.9. The van der Waals surface area contributed by atoms with Crippen molar-refractivity contribution >= 4 is 27.2 Å². The Bertz CT molecular complexity index is 2610. The molecule has 0 atom stereocenters. The SMILES string of the molecule is Cc1c(-c2ccc(-c3ccc4c5c(cccc35)-c3c-4c(-c4ccccc4)c4ccccc4c3-c3ccccc3)cc2)nc2ccccn12. The van der Waals surface area contributed by atoms with E-state index in [0.29, 0.717) is 0 Å². The molecule has 0 spiro atoms. The van der Waals surface area contributed by atoms with Gasteiger partial charge in [-0.1, -0.05) is 146 Å². The second-order valence-electron chi connectivity index (χ2n) is 12.7. The number of aromatic nitrogens is 2. The van der Waals surface area contributed by atoms with Crippen molar-refractivity contribution < 1.29 is 0 Å². The van der Waals surface area contributed by atoms with Gasteiger partial charge < -0.3 is 4.40 Å². The molecule has 0 fully saturated rings. The van der Waals surface area contributed by atoms with Gasteiger partial charge in [-0.2, -0.15) is 0 Å². The van der Waals surface area contributed by atoms with Crippen molar-refractivity contribution in [3.63, 3.8) is 0 Å². The Morgan fingerprint density at radius 3 is 1.58 bits per heavy atom. The van der Waals surface area contributed by atoms with Gasteiger partial charge in [0, 0.05) is 17.5 Å². The van der Waals surface area contributed by atoms with Crippen LogP contribution in [0.25, 0.3) is 94.1 Å². The Balaban J connectivity index is 1.22. The largest absolute Gasteiger partial charge is 0.304 e. The predicted molar refractivity (Wildman–Crippen MR) is 201 cm³/mol. The van der Waals surface area contributed by atoms with E-state index in [1.165, 1.54) is 77.2 Å². The number of pyridine rings is 1. The van der Waals surface area contributed by atoms with Crippen LogP contribution in [0.3, 0.4) is 0 Å². The fraction of sp³-hybridized carbons (Fsp3) is 0.0217. The summed E-state index contributed by atoms with van der Waals surface area (Å²) in [6.07, 6.45) is 2.08. The maximum Gasteiger partial charge on any atom is 0.137 e. The number of aryl methyl sites for hydroxylation is 1. The number of benzene rings is 7. The van der Waals surface area contributed by atoms with Crippen molar-refractivity contribution in [2.75, 3.05) is 0 Å². The third kappa shape index (κ3) is 3.84. The van der Waals surface area contributed by atoms with Crippen LogP contribution in [0.5, 0.6) is 0 Å². The van der Waals surface area contributed by atoms with Gasteiger partial charge in [0.1, 0.15) is 5.65 Å². The molecule has 7 aromatic carbocycles. The van der Waals surface area contributed by atoms with Gasteiger partial charge in [-0.3, -0.25) is 0 Å². The van der Waals surface area contributed by atoms with Crippen LogP contribution in [0.1, 0.15) is 5.69 Å². The maximum atomic E-state index is 4.94. The lowest BCUT2D eigenvalue weighted by Crippen LogP contribution is -1.93. The molecule has 224 valence electrons. The fourth-order valence-electron chi connectivity index (χ4n) is 8.06. The van der Waals surface area contributed by atoms with Crippen molar-refractivity contribution in [3.8, 4) is 66.9 Å². The molecule has 0 radical (unpaired) electrons. The van der Waals surface area contributed by atoms with Gasteiger partial charge in [0.2, 0.25) is 0 Å². The summed E-state index contributed by atoms with van der Waals surface area (Å²) in [5, 5.41) is 5.17. The lowest BCUT2D eigenvalue weighted by atomic mass is 9.82. The third-order valence-corrected chi connectivity index (χ3v) is 10.2. The summed E-state index contributed by atoms with van der Waals surface area (Å²) < 4.78 is 2.15. The Kier molecular flexibility index (Phi) is 5.82. The van der Waals surface area contributed by atoms with Crippen LogP contribution in [0.4, 0.5) is 0 Å². The summed E-state index contributed by atoms with van der Waals surface area (Å²) in [7, 11) is 0. The van der Waals surface area contributed by atoms with Gasteiger partial charge in [-0.15, -0.1) is 0 Å². The van der Waals surface area contributed by atoms with E-state index in [2.05, 4.69) is 169 Å². The van der Waals surface area contributed by atoms with Crippen molar-refractivity contribution in [3.05, 3.63) is 170 Å². The summed E-state index contributed by atoms with van der Waals surface area (Å²) in [5.74, 6) is 0. The van der Waals surface area contributed by atoms with Gasteiger partial charge in [-0.25, -0.2) is 4.98 Å². The molecule has 2 aromatic heterocycles. The van der Waals surface area contributed by atoms with E-state index in [9.17, 15) is 0 Å². The highest BCUT2D eigenvalue weighted by Gasteiger charge is 2.31. The van der Waals surface area contributed by atoms with E-state index in [1.54, 1.807) is 0 Å². The minimum absolute atomic E-state index is 0.971. The molecule has 0 aliphatic heterocycles. The molecular formula is C46H30N2. The van der Waals surface area contributed by atoms with E-state index in [4.69, 9.17) is 4.98 Å². The lowest BCUT2D eigenvalue weighted by molar-refractivity contribution is 1.11. The predicted octanol–water partition coefficient (Wildman–Crippen LogP) is 12.3. The highest BCUT2D eigenvalue weighted by atomic mass is 15.0. The van der Waals surface area contributed by atoms with E-state index in [0.717, 1.165) is 22.6 Å². The molecule has 1 aliphatic rings. The molecule has 0 N–H and O–H groups in total. The molecule has 0 amide bonds. The Morgan fingerprint density at radius 2 is 0.938 bits per heavy atom. The molecule has 48 heavy (non-hydrogen) atoms. The smallest absolute Gasteiger partial charge is 0.137 e. The van der Waals surface area contributed by atoms with Crippen molar-refractivity contribution in [2.45, 2.75) is 6.92 Å². The summed E-state index contributed by atoms with van der Waals surface area (Å²) in [5.41, 5.74) is 17.1. The summed E-state index contributed by atoms with van der Waals surface area (Å²) in [6.45, 7) is 2.14. The highest BCUT2D eigenvalue weighted by Crippen LogP contribution is 2.58. The van der Waals surface area contributed by atoms with E-state index >= 15 is 0 Å². The van der Waals surface area contributed by atoms with Crippen LogP contribution in [0, 0.1) is 6.92 Å². The van der Waals surface area contributed by atoms with Crippen LogP contribution in [0.15, 0.2) is 164 Å². The van der Waals surface area contributed by atoms with E-state index in [1.807, 2.05) is 6.07 Å². The minimum atomic E-state index is 0.971. The number of hydrogen-bond acceptors (Lipinski definition) is 1. The average Bonchev–Trinajstić information content (AvgIpc) is 3.67. The topological polar surface area (TPSA) is 17.3 Å². The zero-order chi connectivity index (χ0) is 31.8. The van der Waals surface area contributed by atoms with Crippen LogP contribution < -0.4 is 0 Å². The molecule has 2 heterocycles. The second-order valence-corrected chi connectivity index (χ2v) is 12.7. The first-order valence-corrected chi connectivity index (χ1v) is 16.6. The highest BCUT2D eigenvalue weighted by molar-refractivity contribution is 6.28. The monoisotopic (exact) mass is 610 g/mol. The van der Waals surface area contributed by atoms with Crippen molar-refractivity contribution in [1.82, 2.24) is 9.38 Å². The Labute approximate surface area is 279 Å². The number of hydrogen-bond donors (Lipinski definition) is 0. The fourth-order valence-corrected chi connectivity index (χ4v) is 8.06. The molecule has 0 saturated carbocycles. The number of fused-ring (bicyclic) bond motifs is 5. The molecule has 10 rings (SSSR count).